The SMILES string of the molecule is CCCCC(C)CSCCNC(=O)CC1(CNC(CC)CCCC)CCCCC1. The number of thioether (sulfide) groups is 1. The smallest absolute Gasteiger partial charge is 0.220 e. The van der Waals surface area contributed by atoms with Crippen molar-refractivity contribution in [2.24, 2.45) is 11.3 Å². The molecule has 3 nitrogen and oxygen atoms in total. The Morgan fingerprint density at radius 3 is 2.38 bits per heavy atom. The molecule has 29 heavy (non-hydrogen) atoms. The molecule has 1 aliphatic carbocycles. The van der Waals surface area contributed by atoms with Gasteiger partial charge in [-0.1, -0.05) is 72.6 Å². The quantitative estimate of drug-likeness (QED) is 0.259. The second kappa shape index (κ2) is 16.5. The summed E-state index contributed by atoms with van der Waals surface area (Å²) < 4.78 is 0. The molecule has 0 bridgehead atoms. The van der Waals surface area contributed by atoms with Crippen LogP contribution in [-0.2, 0) is 4.79 Å². The number of nitrogens with one attached hydrogen (secondary N) is 2. The lowest BCUT2D eigenvalue weighted by Gasteiger charge is -2.38. The Labute approximate surface area is 186 Å². The Kier molecular flexibility index (Phi) is 15.2. The van der Waals surface area contributed by atoms with Gasteiger partial charge in [-0.3, -0.25) is 4.79 Å². The van der Waals surface area contributed by atoms with Gasteiger partial charge in [-0.05, 0) is 49.2 Å². The first-order chi connectivity index (χ1) is 14.0. The van der Waals surface area contributed by atoms with E-state index in [0.717, 1.165) is 24.8 Å². The van der Waals surface area contributed by atoms with Crippen molar-refractivity contribution in [2.45, 2.75) is 117 Å². The summed E-state index contributed by atoms with van der Waals surface area (Å²) in [4.78, 5) is 12.7. The Morgan fingerprint density at radius 1 is 1.03 bits per heavy atom. The molecule has 0 aromatic heterocycles. The molecule has 0 heterocycles. The van der Waals surface area contributed by atoms with Crippen LogP contribution in [0.25, 0.3) is 0 Å². The monoisotopic (exact) mass is 426 g/mol. The molecule has 2 N–H and O–H groups in total. The van der Waals surface area contributed by atoms with Gasteiger partial charge in [-0.15, -0.1) is 0 Å². The van der Waals surface area contributed by atoms with E-state index in [4.69, 9.17) is 0 Å². The van der Waals surface area contributed by atoms with Crippen molar-refractivity contribution >= 4 is 17.7 Å². The summed E-state index contributed by atoms with van der Waals surface area (Å²) in [6, 6.07) is 0.614. The average Bonchev–Trinajstić information content (AvgIpc) is 2.72. The fourth-order valence-corrected chi connectivity index (χ4v) is 5.55. The van der Waals surface area contributed by atoms with Crippen LogP contribution in [0.4, 0.5) is 0 Å². The number of amides is 1. The summed E-state index contributed by atoms with van der Waals surface area (Å²) >= 11 is 2.00. The summed E-state index contributed by atoms with van der Waals surface area (Å²) in [6.45, 7) is 11.0. The molecule has 0 saturated heterocycles. The van der Waals surface area contributed by atoms with E-state index in [1.165, 1.54) is 82.8 Å². The zero-order valence-electron chi connectivity index (χ0n) is 20.0. The first-order valence-corrected chi connectivity index (χ1v) is 13.8. The van der Waals surface area contributed by atoms with Gasteiger partial charge in [0.1, 0.15) is 0 Å². The van der Waals surface area contributed by atoms with E-state index in [9.17, 15) is 4.79 Å². The van der Waals surface area contributed by atoms with E-state index in [-0.39, 0.29) is 11.3 Å². The minimum absolute atomic E-state index is 0.184. The third-order valence-electron chi connectivity index (χ3n) is 6.64. The summed E-state index contributed by atoms with van der Waals surface area (Å²) in [6.07, 6.45) is 16.0. The van der Waals surface area contributed by atoms with Crippen molar-refractivity contribution in [1.82, 2.24) is 10.6 Å². The van der Waals surface area contributed by atoms with Crippen molar-refractivity contribution in [2.75, 3.05) is 24.6 Å². The molecule has 0 spiro atoms. The molecule has 1 saturated carbocycles. The fraction of sp³-hybridized carbons (Fsp3) is 0.960. The maximum absolute atomic E-state index is 12.7. The molecule has 0 aliphatic heterocycles. The van der Waals surface area contributed by atoms with Crippen molar-refractivity contribution in [3.8, 4) is 0 Å². The second-order valence-corrected chi connectivity index (χ2v) is 10.7. The highest BCUT2D eigenvalue weighted by molar-refractivity contribution is 7.99. The van der Waals surface area contributed by atoms with Gasteiger partial charge in [0, 0.05) is 31.3 Å². The van der Waals surface area contributed by atoms with Gasteiger partial charge in [0.15, 0.2) is 0 Å². The standard InChI is InChI=1S/C25H50N2OS/c1-5-8-13-22(4)20-29-18-17-26-24(28)19-25(15-11-10-12-16-25)21-27-23(7-3)14-9-6-2/h22-23,27H,5-21H2,1-4H3,(H,26,28). The van der Waals surface area contributed by atoms with Crippen molar-refractivity contribution in [1.29, 1.82) is 0 Å². The van der Waals surface area contributed by atoms with Gasteiger partial charge in [0.05, 0.1) is 0 Å². The highest BCUT2D eigenvalue weighted by Gasteiger charge is 2.34. The van der Waals surface area contributed by atoms with Crippen LogP contribution in [-0.4, -0.2) is 36.5 Å². The summed E-state index contributed by atoms with van der Waals surface area (Å²) in [5, 5.41) is 7.06. The molecule has 2 unspecified atom stereocenters. The first kappa shape index (κ1) is 26.8. The van der Waals surface area contributed by atoms with E-state index in [2.05, 4.69) is 38.3 Å². The Bertz CT molecular complexity index is 410. The van der Waals surface area contributed by atoms with Crippen LogP contribution in [0.15, 0.2) is 0 Å². The lowest BCUT2D eigenvalue weighted by Crippen LogP contribution is -2.44. The predicted molar refractivity (Wildman–Crippen MR) is 131 cm³/mol. The topological polar surface area (TPSA) is 41.1 Å². The van der Waals surface area contributed by atoms with E-state index >= 15 is 0 Å². The molecular formula is C25H50N2OS. The van der Waals surface area contributed by atoms with E-state index < -0.39 is 0 Å². The molecule has 4 heteroatoms. The van der Waals surface area contributed by atoms with Crippen molar-refractivity contribution in [3.05, 3.63) is 0 Å². The molecule has 1 rings (SSSR count). The highest BCUT2D eigenvalue weighted by Crippen LogP contribution is 2.39. The molecular weight excluding hydrogens is 376 g/mol. The maximum Gasteiger partial charge on any atom is 0.220 e. The maximum atomic E-state index is 12.7. The molecule has 1 fully saturated rings. The van der Waals surface area contributed by atoms with Crippen LogP contribution in [0.2, 0.25) is 0 Å². The Balaban J connectivity index is 2.34. The average molecular weight is 427 g/mol. The number of hydrogen-bond acceptors (Lipinski definition) is 3. The zero-order chi connectivity index (χ0) is 21.4. The Morgan fingerprint density at radius 2 is 1.72 bits per heavy atom. The number of carbonyl (C=O) groups is 1. The summed E-state index contributed by atoms with van der Waals surface area (Å²) in [7, 11) is 0. The zero-order valence-corrected chi connectivity index (χ0v) is 20.8. The van der Waals surface area contributed by atoms with Crippen LogP contribution in [0.1, 0.15) is 111 Å². The van der Waals surface area contributed by atoms with E-state index in [1.54, 1.807) is 0 Å². The van der Waals surface area contributed by atoms with Crippen molar-refractivity contribution < 1.29 is 4.79 Å². The van der Waals surface area contributed by atoms with Gasteiger partial charge < -0.3 is 10.6 Å². The fourth-order valence-electron chi connectivity index (χ4n) is 4.57. The van der Waals surface area contributed by atoms with Crippen LogP contribution in [0.3, 0.4) is 0 Å². The molecule has 0 radical (unpaired) electrons. The second-order valence-electron chi connectivity index (χ2n) is 9.54. The number of unbranched alkanes of at least 4 members (excludes halogenated alkanes) is 2. The highest BCUT2D eigenvalue weighted by atomic mass is 32.2. The third-order valence-corrected chi connectivity index (χ3v) is 7.93. The lowest BCUT2D eigenvalue weighted by atomic mass is 9.71. The van der Waals surface area contributed by atoms with Gasteiger partial charge in [0.2, 0.25) is 5.91 Å². The number of hydrogen-bond donors (Lipinski definition) is 2. The largest absolute Gasteiger partial charge is 0.355 e. The van der Waals surface area contributed by atoms with Crippen LogP contribution >= 0.6 is 11.8 Å². The molecule has 1 aliphatic rings. The molecule has 2 atom stereocenters. The number of carbonyl (C=O) groups excluding carboxylic acids is 1. The van der Waals surface area contributed by atoms with E-state index in [0.29, 0.717) is 12.5 Å². The molecule has 172 valence electrons. The van der Waals surface area contributed by atoms with E-state index in [1.807, 2.05) is 11.8 Å². The van der Waals surface area contributed by atoms with Crippen LogP contribution in [0, 0.1) is 11.3 Å². The third kappa shape index (κ3) is 12.3. The van der Waals surface area contributed by atoms with Gasteiger partial charge >= 0.3 is 0 Å². The van der Waals surface area contributed by atoms with Gasteiger partial charge in [0.25, 0.3) is 0 Å². The lowest BCUT2D eigenvalue weighted by molar-refractivity contribution is -0.123. The molecule has 0 aromatic carbocycles. The predicted octanol–water partition coefficient (Wildman–Crippen LogP) is 6.56. The molecule has 0 aromatic rings. The van der Waals surface area contributed by atoms with Crippen LogP contribution < -0.4 is 10.6 Å². The normalized spacial score (nSPS) is 18.3. The van der Waals surface area contributed by atoms with Gasteiger partial charge in [-0.25, -0.2) is 0 Å². The Hall–Kier alpha value is -0.220. The van der Waals surface area contributed by atoms with Crippen molar-refractivity contribution in [3.63, 3.8) is 0 Å². The number of rotatable bonds is 17. The minimum Gasteiger partial charge on any atom is -0.355 e. The molecule has 1 amide bonds. The van der Waals surface area contributed by atoms with Crippen LogP contribution in [0.5, 0.6) is 0 Å². The van der Waals surface area contributed by atoms with Gasteiger partial charge in [-0.2, -0.15) is 11.8 Å². The summed E-state index contributed by atoms with van der Waals surface area (Å²) in [5.41, 5.74) is 0.184. The summed E-state index contributed by atoms with van der Waals surface area (Å²) in [5.74, 6) is 3.34. The minimum atomic E-state index is 0.184. The first-order valence-electron chi connectivity index (χ1n) is 12.6.